The second kappa shape index (κ2) is 11.0. The molecule has 1 atom stereocenters. The van der Waals surface area contributed by atoms with Crippen molar-refractivity contribution in [3.63, 3.8) is 0 Å². The number of benzene rings is 2. The van der Waals surface area contributed by atoms with Crippen molar-refractivity contribution >= 4 is 45.8 Å². The number of carboxylic acids is 1. The fourth-order valence-corrected chi connectivity index (χ4v) is 5.07. The summed E-state index contributed by atoms with van der Waals surface area (Å²) in [6, 6.07) is 18.5. The van der Waals surface area contributed by atoms with Gasteiger partial charge >= 0.3 is 5.97 Å². The van der Waals surface area contributed by atoms with Crippen LogP contribution in [0.15, 0.2) is 48.5 Å². The van der Waals surface area contributed by atoms with E-state index in [0.29, 0.717) is 54.3 Å². The average Bonchev–Trinajstić information content (AvgIpc) is 2.96. The Morgan fingerprint density at radius 1 is 1.02 bits per heavy atom. The fourth-order valence-electron chi connectivity index (χ4n) is 4.92. The van der Waals surface area contributed by atoms with Crippen LogP contribution < -0.4 is 15.1 Å². The highest BCUT2D eigenvalue weighted by atomic mass is 35.5. The quantitative estimate of drug-likeness (QED) is 0.316. The number of carboxylic acid groups (broad SMARTS) is 1. The first-order chi connectivity index (χ1) is 19.3. The van der Waals surface area contributed by atoms with Crippen LogP contribution in [0.4, 0.5) is 17.2 Å². The second-order valence-electron chi connectivity index (χ2n) is 9.57. The molecule has 0 bridgehead atoms. The minimum absolute atomic E-state index is 0.0917. The Kier molecular flexibility index (Phi) is 7.37. The van der Waals surface area contributed by atoms with E-state index < -0.39 is 5.97 Å². The molecule has 200 valence electrons. The number of fused-ring (bicyclic) bond motifs is 1. The maximum absolute atomic E-state index is 11.8. The van der Waals surface area contributed by atoms with Gasteiger partial charge in [0.25, 0.3) is 0 Å². The zero-order chi connectivity index (χ0) is 28.4. The smallest absolute Gasteiger partial charge is 0.356 e. The summed E-state index contributed by atoms with van der Waals surface area (Å²) in [5, 5.41) is 32.1. The van der Waals surface area contributed by atoms with Crippen molar-refractivity contribution in [2.24, 2.45) is 0 Å². The summed E-state index contributed by atoms with van der Waals surface area (Å²) in [6.07, 6.45) is 0. The summed E-state index contributed by atoms with van der Waals surface area (Å²) < 4.78 is 0. The molecule has 11 heteroatoms. The van der Waals surface area contributed by atoms with Gasteiger partial charge in [-0.2, -0.15) is 10.5 Å². The molecule has 4 aromatic rings. The Balaban J connectivity index is 1.47. The molecule has 1 saturated heterocycles. The van der Waals surface area contributed by atoms with Gasteiger partial charge in [0.1, 0.15) is 11.2 Å². The highest BCUT2D eigenvalue weighted by Gasteiger charge is 2.24. The molecule has 2 aromatic heterocycles. The van der Waals surface area contributed by atoms with E-state index in [9.17, 15) is 20.4 Å². The maximum atomic E-state index is 11.8. The van der Waals surface area contributed by atoms with Crippen LogP contribution in [-0.4, -0.2) is 52.2 Å². The van der Waals surface area contributed by atoms with Gasteiger partial charge in [0, 0.05) is 37.4 Å². The van der Waals surface area contributed by atoms with E-state index in [1.54, 1.807) is 12.1 Å². The van der Waals surface area contributed by atoms with Crippen molar-refractivity contribution < 1.29 is 9.90 Å². The Hall–Kier alpha value is -4.93. The number of aromatic carboxylic acids is 1. The molecule has 10 nitrogen and oxygen atoms in total. The Bertz CT molecular complexity index is 1700. The van der Waals surface area contributed by atoms with Gasteiger partial charge < -0.3 is 20.2 Å². The lowest BCUT2D eigenvalue weighted by molar-refractivity contribution is 0.0691. The van der Waals surface area contributed by atoms with Gasteiger partial charge in [-0.3, -0.25) is 0 Å². The molecule has 3 heterocycles. The van der Waals surface area contributed by atoms with Crippen LogP contribution in [0.25, 0.3) is 11.0 Å². The summed E-state index contributed by atoms with van der Waals surface area (Å²) in [4.78, 5) is 29.6. The molecular formula is C29H25ClN8O2. The van der Waals surface area contributed by atoms with Gasteiger partial charge in [0.15, 0.2) is 17.2 Å². The van der Waals surface area contributed by atoms with Gasteiger partial charge in [-0.15, -0.1) is 0 Å². The van der Waals surface area contributed by atoms with E-state index >= 15 is 0 Å². The number of carbonyl (C=O) groups is 1. The Morgan fingerprint density at radius 2 is 1.77 bits per heavy atom. The number of piperazine rings is 1. The molecule has 2 aromatic carbocycles. The molecule has 0 radical (unpaired) electrons. The highest BCUT2D eigenvalue weighted by Crippen LogP contribution is 2.31. The largest absolute Gasteiger partial charge is 0.476 e. The number of nitrogens with one attached hydrogen (secondary N) is 1. The molecule has 1 aliphatic heterocycles. The van der Waals surface area contributed by atoms with Gasteiger partial charge in [0.2, 0.25) is 0 Å². The molecule has 1 fully saturated rings. The third kappa shape index (κ3) is 5.31. The van der Waals surface area contributed by atoms with E-state index in [0.717, 1.165) is 16.8 Å². The Labute approximate surface area is 236 Å². The number of nitriles is 2. The summed E-state index contributed by atoms with van der Waals surface area (Å²) in [6.45, 7) is 6.48. The number of pyridine rings is 1. The predicted octanol–water partition coefficient (Wildman–Crippen LogP) is 4.93. The van der Waals surface area contributed by atoms with Crippen LogP contribution in [0.2, 0.25) is 5.15 Å². The highest BCUT2D eigenvalue weighted by molar-refractivity contribution is 6.29. The summed E-state index contributed by atoms with van der Waals surface area (Å²) in [7, 11) is 0. The number of anilines is 3. The number of aryl methyl sites for hydroxylation is 1. The molecule has 0 amide bonds. The average molecular weight is 553 g/mol. The van der Waals surface area contributed by atoms with E-state index in [1.807, 2.05) is 44.2 Å². The van der Waals surface area contributed by atoms with Gasteiger partial charge in [-0.05, 0) is 55.8 Å². The number of nitrogens with zero attached hydrogens (tertiary/aromatic N) is 7. The zero-order valence-electron chi connectivity index (χ0n) is 21.9. The standard InChI is InChI=1S/C29H25ClN8O2/c1-17-12-21(18(2)33-22-6-7-25(30)35-27(22)29(39)40)26-23(13-17)34-24(16-32)28(36-26)38-10-8-37(9-11-38)20-5-3-4-19(14-20)15-31/h3-7,12-14,18,33H,8-11H2,1-2H3,(H,39,40)/t18-/m1/s1. The predicted molar refractivity (Wildman–Crippen MR) is 153 cm³/mol. The van der Waals surface area contributed by atoms with Gasteiger partial charge in [-0.25, -0.2) is 19.7 Å². The summed E-state index contributed by atoms with van der Waals surface area (Å²) in [5.74, 6) is -0.678. The van der Waals surface area contributed by atoms with Crippen molar-refractivity contribution in [1.29, 1.82) is 10.5 Å². The maximum Gasteiger partial charge on any atom is 0.356 e. The van der Waals surface area contributed by atoms with Crippen LogP contribution >= 0.6 is 11.6 Å². The molecule has 40 heavy (non-hydrogen) atoms. The lowest BCUT2D eigenvalue weighted by atomic mass is 10.0. The molecule has 0 aliphatic carbocycles. The molecular weight excluding hydrogens is 528 g/mol. The minimum Gasteiger partial charge on any atom is -0.476 e. The first-order valence-electron chi connectivity index (χ1n) is 12.7. The van der Waals surface area contributed by atoms with E-state index in [1.165, 1.54) is 6.07 Å². The minimum atomic E-state index is -1.19. The summed E-state index contributed by atoms with van der Waals surface area (Å²) >= 11 is 5.92. The van der Waals surface area contributed by atoms with Crippen molar-refractivity contribution in [2.45, 2.75) is 19.9 Å². The molecule has 2 N–H and O–H groups in total. The second-order valence-corrected chi connectivity index (χ2v) is 9.95. The lowest BCUT2D eigenvalue weighted by Crippen LogP contribution is -2.47. The number of hydrogen-bond acceptors (Lipinski definition) is 9. The topological polar surface area (TPSA) is 142 Å². The van der Waals surface area contributed by atoms with Gasteiger partial charge in [-0.1, -0.05) is 23.7 Å². The van der Waals surface area contributed by atoms with Crippen LogP contribution in [0, 0.1) is 29.6 Å². The van der Waals surface area contributed by atoms with Crippen LogP contribution in [0.1, 0.15) is 45.8 Å². The first-order valence-corrected chi connectivity index (χ1v) is 13.0. The van der Waals surface area contributed by atoms with Crippen LogP contribution in [0.3, 0.4) is 0 Å². The summed E-state index contributed by atoms with van der Waals surface area (Å²) in [5.41, 5.74) is 4.96. The van der Waals surface area contributed by atoms with Crippen LogP contribution in [-0.2, 0) is 0 Å². The molecule has 0 spiro atoms. The number of hydrogen-bond donors (Lipinski definition) is 2. The number of rotatable bonds is 6. The molecule has 5 rings (SSSR count). The molecule has 0 saturated carbocycles. The third-order valence-electron chi connectivity index (χ3n) is 6.85. The SMILES string of the molecule is Cc1cc([C@@H](C)Nc2ccc(Cl)nc2C(=O)O)c2nc(N3CCN(c4cccc(C#N)c4)CC3)c(C#N)nc2c1. The lowest BCUT2D eigenvalue weighted by Gasteiger charge is -2.37. The monoisotopic (exact) mass is 552 g/mol. The normalized spacial score (nSPS) is 13.9. The number of aromatic nitrogens is 3. The van der Waals surface area contributed by atoms with Crippen molar-refractivity contribution in [1.82, 2.24) is 15.0 Å². The first kappa shape index (κ1) is 26.7. The number of halogens is 1. The fraction of sp³-hybridized carbons (Fsp3) is 0.241. The zero-order valence-corrected chi connectivity index (χ0v) is 22.6. The van der Waals surface area contributed by atoms with E-state index in [4.69, 9.17) is 16.6 Å². The molecule has 1 aliphatic rings. The third-order valence-corrected chi connectivity index (χ3v) is 7.06. The van der Waals surface area contributed by atoms with E-state index in [-0.39, 0.29) is 22.6 Å². The Morgan fingerprint density at radius 3 is 2.48 bits per heavy atom. The van der Waals surface area contributed by atoms with Crippen molar-refractivity contribution in [3.05, 3.63) is 81.8 Å². The van der Waals surface area contributed by atoms with Gasteiger partial charge in [0.05, 0.1) is 34.4 Å². The van der Waals surface area contributed by atoms with Crippen molar-refractivity contribution in [2.75, 3.05) is 41.3 Å². The van der Waals surface area contributed by atoms with Crippen LogP contribution in [0.5, 0.6) is 0 Å². The molecule has 0 unspecified atom stereocenters. The van der Waals surface area contributed by atoms with E-state index in [2.05, 4.69) is 37.2 Å². The van der Waals surface area contributed by atoms with Crippen molar-refractivity contribution in [3.8, 4) is 12.1 Å².